The molecule has 2 N–H and O–H groups in total. The maximum absolute atomic E-state index is 13.7. The van der Waals surface area contributed by atoms with E-state index >= 15 is 0 Å². The number of fused-ring (bicyclic) bond motifs is 1. The highest BCUT2D eigenvalue weighted by molar-refractivity contribution is 6.34. The van der Waals surface area contributed by atoms with Crippen molar-refractivity contribution in [3.63, 3.8) is 0 Å². The van der Waals surface area contributed by atoms with E-state index in [4.69, 9.17) is 34.8 Å². The summed E-state index contributed by atoms with van der Waals surface area (Å²) in [6.07, 6.45) is 0.662. The monoisotopic (exact) mass is 482 g/mol. The van der Waals surface area contributed by atoms with Gasteiger partial charge in [-0.2, -0.15) is 0 Å². The number of hydrogen-bond acceptors (Lipinski definition) is 2. The number of rotatable bonds is 4. The number of amides is 1. The molecular weight excluding hydrogens is 467 g/mol. The molecule has 0 aliphatic carbocycles. The average Bonchev–Trinajstić information content (AvgIpc) is 3.29. The Morgan fingerprint density at radius 1 is 0.875 bits per heavy atom. The molecule has 4 nitrogen and oxygen atoms in total. The van der Waals surface area contributed by atoms with Crippen LogP contribution in [0, 0.1) is 0 Å². The Bertz CT molecular complexity index is 1360. The summed E-state index contributed by atoms with van der Waals surface area (Å²) in [5, 5.41) is 13.9. The van der Waals surface area contributed by atoms with Gasteiger partial charge in [-0.05, 0) is 47.5 Å². The molecule has 1 atom stereocenters. The summed E-state index contributed by atoms with van der Waals surface area (Å²) in [5.74, 6) is -0.256. The molecule has 0 spiro atoms. The molecule has 160 valence electrons. The van der Waals surface area contributed by atoms with E-state index < -0.39 is 6.23 Å². The van der Waals surface area contributed by atoms with Crippen molar-refractivity contribution in [3.05, 3.63) is 105 Å². The number of nitrogens with one attached hydrogen (secondary N) is 1. The Morgan fingerprint density at radius 2 is 1.50 bits per heavy atom. The average molecular weight is 484 g/mol. The zero-order chi connectivity index (χ0) is 22.4. The molecule has 1 aliphatic rings. The van der Waals surface area contributed by atoms with E-state index in [1.54, 1.807) is 36.5 Å². The SMILES string of the molecule is O=C1C(c2c[nH]c3cc(Cl)ccc23)=C(c2ccc(Cl)cc2)C(O)N1Cc1ccc(Cl)cc1. The molecule has 0 saturated carbocycles. The van der Waals surface area contributed by atoms with Crippen LogP contribution < -0.4 is 0 Å². The van der Waals surface area contributed by atoms with Gasteiger partial charge in [-0.1, -0.05) is 65.1 Å². The van der Waals surface area contributed by atoms with Crippen molar-refractivity contribution < 1.29 is 9.90 Å². The zero-order valence-electron chi connectivity index (χ0n) is 16.6. The maximum atomic E-state index is 13.7. The fourth-order valence-corrected chi connectivity index (χ4v) is 4.51. The van der Waals surface area contributed by atoms with Crippen molar-refractivity contribution in [1.29, 1.82) is 0 Å². The van der Waals surface area contributed by atoms with Gasteiger partial charge in [0.25, 0.3) is 5.91 Å². The van der Waals surface area contributed by atoms with Crippen LogP contribution >= 0.6 is 34.8 Å². The molecule has 4 aromatic rings. The zero-order valence-corrected chi connectivity index (χ0v) is 18.9. The van der Waals surface area contributed by atoms with Crippen LogP contribution in [0.5, 0.6) is 0 Å². The number of benzene rings is 3. The van der Waals surface area contributed by atoms with E-state index in [0.29, 0.717) is 31.8 Å². The number of aliphatic hydroxyl groups is 1. The first kappa shape index (κ1) is 21.1. The summed E-state index contributed by atoms with van der Waals surface area (Å²) in [5.41, 5.74) is 4.10. The summed E-state index contributed by atoms with van der Waals surface area (Å²) in [7, 11) is 0. The smallest absolute Gasteiger partial charge is 0.257 e. The molecule has 3 aromatic carbocycles. The number of hydrogen-bond donors (Lipinski definition) is 2. The molecule has 32 heavy (non-hydrogen) atoms. The van der Waals surface area contributed by atoms with Gasteiger partial charge >= 0.3 is 0 Å². The normalized spacial score (nSPS) is 16.4. The van der Waals surface area contributed by atoms with E-state index in [-0.39, 0.29) is 12.5 Å². The third-order valence-electron chi connectivity index (χ3n) is 5.63. The number of aliphatic hydroxyl groups excluding tert-OH is 1. The van der Waals surface area contributed by atoms with Gasteiger partial charge in [0.2, 0.25) is 0 Å². The van der Waals surface area contributed by atoms with E-state index in [0.717, 1.165) is 22.0 Å². The van der Waals surface area contributed by atoms with Crippen LogP contribution in [0.25, 0.3) is 22.0 Å². The standard InChI is InChI=1S/C25H17Cl3N2O2/c26-16-5-1-14(2-6-16)13-30-24(31)22(15-3-7-17(27)8-4-15)23(25(30)32)20-12-29-21-11-18(28)9-10-19(20)21/h1-12,24,29,31H,13H2. The van der Waals surface area contributed by atoms with Crippen molar-refractivity contribution in [2.24, 2.45) is 0 Å². The fraction of sp³-hybridized carbons (Fsp3) is 0.0800. The van der Waals surface area contributed by atoms with Gasteiger partial charge in [0, 0.05) is 49.8 Å². The minimum absolute atomic E-state index is 0.242. The van der Waals surface area contributed by atoms with Crippen LogP contribution in [-0.2, 0) is 11.3 Å². The Labute approximate surface area is 199 Å². The quantitative estimate of drug-likeness (QED) is 0.353. The van der Waals surface area contributed by atoms with Gasteiger partial charge in [0.15, 0.2) is 6.23 Å². The van der Waals surface area contributed by atoms with Crippen LogP contribution in [0.4, 0.5) is 0 Å². The predicted octanol–water partition coefficient (Wildman–Crippen LogP) is 6.40. The van der Waals surface area contributed by atoms with Crippen molar-refractivity contribution in [3.8, 4) is 0 Å². The van der Waals surface area contributed by atoms with Gasteiger partial charge in [0.05, 0.1) is 5.57 Å². The van der Waals surface area contributed by atoms with E-state index in [1.807, 2.05) is 36.4 Å². The minimum atomic E-state index is -1.12. The largest absolute Gasteiger partial charge is 0.369 e. The predicted molar refractivity (Wildman–Crippen MR) is 130 cm³/mol. The second kappa shape index (κ2) is 8.30. The summed E-state index contributed by atoms with van der Waals surface area (Å²) in [4.78, 5) is 18.3. The Balaban J connectivity index is 1.65. The number of aromatic nitrogens is 1. The lowest BCUT2D eigenvalue weighted by atomic mass is 9.95. The van der Waals surface area contributed by atoms with Gasteiger partial charge in [0.1, 0.15) is 0 Å². The molecule has 5 rings (SSSR count). The molecule has 1 aliphatic heterocycles. The van der Waals surface area contributed by atoms with Crippen molar-refractivity contribution in [2.45, 2.75) is 12.8 Å². The summed E-state index contributed by atoms with van der Waals surface area (Å²) in [6, 6.07) is 19.8. The van der Waals surface area contributed by atoms with Crippen molar-refractivity contribution in [2.75, 3.05) is 0 Å². The van der Waals surface area contributed by atoms with E-state index in [1.165, 1.54) is 4.90 Å². The lowest BCUT2D eigenvalue weighted by molar-refractivity contribution is -0.130. The number of carbonyl (C=O) groups excluding carboxylic acids is 1. The van der Waals surface area contributed by atoms with Gasteiger partial charge < -0.3 is 15.0 Å². The van der Waals surface area contributed by atoms with Crippen LogP contribution in [-0.4, -0.2) is 27.1 Å². The Morgan fingerprint density at radius 3 is 2.19 bits per heavy atom. The molecule has 2 heterocycles. The van der Waals surface area contributed by atoms with Crippen molar-refractivity contribution >= 4 is 62.8 Å². The Kier molecular flexibility index (Phi) is 5.48. The molecule has 7 heteroatoms. The molecule has 0 fully saturated rings. The molecule has 1 unspecified atom stereocenters. The minimum Gasteiger partial charge on any atom is -0.369 e. The fourth-order valence-electron chi connectivity index (χ4n) is 4.09. The van der Waals surface area contributed by atoms with Crippen LogP contribution in [0.15, 0.2) is 72.9 Å². The number of aromatic amines is 1. The van der Waals surface area contributed by atoms with E-state index in [2.05, 4.69) is 4.98 Å². The highest BCUT2D eigenvalue weighted by atomic mass is 35.5. The second-order valence-electron chi connectivity index (χ2n) is 7.62. The summed E-state index contributed by atoms with van der Waals surface area (Å²) in [6.45, 7) is 0.242. The van der Waals surface area contributed by atoms with Crippen LogP contribution in [0.2, 0.25) is 15.1 Å². The second-order valence-corrected chi connectivity index (χ2v) is 8.93. The topological polar surface area (TPSA) is 56.3 Å². The van der Waals surface area contributed by atoms with Gasteiger partial charge in [-0.3, -0.25) is 4.79 Å². The first-order valence-electron chi connectivity index (χ1n) is 9.93. The molecule has 0 saturated heterocycles. The molecule has 0 bridgehead atoms. The lowest BCUT2D eigenvalue weighted by Crippen LogP contribution is -2.34. The first-order chi connectivity index (χ1) is 15.4. The first-order valence-corrected chi connectivity index (χ1v) is 11.1. The molecule has 0 radical (unpaired) electrons. The van der Waals surface area contributed by atoms with Gasteiger partial charge in [-0.15, -0.1) is 0 Å². The summed E-state index contributed by atoms with van der Waals surface area (Å²) >= 11 is 18.2. The Hall–Kier alpha value is -2.76. The number of halogens is 3. The molecular formula is C25H17Cl3N2O2. The number of nitrogens with zero attached hydrogens (tertiary/aromatic N) is 1. The van der Waals surface area contributed by atoms with E-state index in [9.17, 15) is 9.90 Å². The van der Waals surface area contributed by atoms with Crippen LogP contribution in [0.3, 0.4) is 0 Å². The maximum Gasteiger partial charge on any atom is 0.257 e. The molecule has 1 aromatic heterocycles. The van der Waals surface area contributed by atoms with Crippen molar-refractivity contribution in [1.82, 2.24) is 9.88 Å². The molecule has 1 amide bonds. The third kappa shape index (κ3) is 3.70. The number of carbonyl (C=O) groups is 1. The van der Waals surface area contributed by atoms with Gasteiger partial charge in [-0.25, -0.2) is 0 Å². The highest BCUT2D eigenvalue weighted by Gasteiger charge is 2.40. The third-order valence-corrected chi connectivity index (χ3v) is 6.37. The number of H-pyrrole nitrogens is 1. The summed E-state index contributed by atoms with van der Waals surface area (Å²) < 4.78 is 0. The highest BCUT2D eigenvalue weighted by Crippen LogP contribution is 2.41. The lowest BCUT2D eigenvalue weighted by Gasteiger charge is -2.23. The van der Waals surface area contributed by atoms with Crippen LogP contribution in [0.1, 0.15) is 16.7 Å².